The second-order valence-electron chi connectivity index (χ2n) is 7.50. The van der Waals surface area contributed by atoms with E-state index >= 15 is 0 Å². The van der Waals surface area contributed by atoms with Crippen molar-refractivity contribution in [3.63, 3.8) is 0 Å². The van der Waals surface area contributed by atoms with Gasteiger partial charge in [0.25, 0.3) is 0 Å². The Balaban J connectivity index is 2.19. The van der Waals surface area contributed by atoms with Crippen LogP contribution in [0.15, 0.2) is 48.5 Å². The minimum Gasteiger partial charge on any atom is -0.423 e. The van der Waals surface area contributed by atoms with Gasteiger partial charge in [-0.15, -0.1) is 0 Å². The van der Waals surface area contributed by atoms with Crippen LogP contribution in [0.3, 0.4) is 0 Å². The van der Waals surface area contributed by atoms with E-state index in [-0.39, 0.29) is 0 Å². The Morgan fingerprint density at radius 3 is 1.42 bits per heavy atom. The first kappa shape index (κ1) is 20.0. The highest BCUT2D eigenvalue weighted by atomic mass is 16.7. The average Bonchev–Trinajstić information content (AvgIpc) is 2.60. The van der Waals surface area contributed by atoms with Crippen LogP contribution in [0.2, 0.25) is 0 Å². The number of carbonyl (C=O) groups excluding carboxylic acids is 1. The van der Waals surface area contributed by atoms with Crippen LogP contribution in [-0.2, 0) is 33.5 Å². The van der Waals surface area contributed by atoms with E-state index < -0.39 is 17.4 Å². The minimum absolute atomic E-state index is 0.656. The molecule has 0 aromatic heterocycles. The molecule has 2 rings (SSSR count). The summed E-state index contributed by atoms with van der Waals surface area (Å²) in [6, 6.07) is 16.1. The summed E-state index contributed by atoms with van der Waals surface area (Å²) in [4.78, 5) is 12.6. The number of carbonyl (C=O) groups is 1. The van der Waals surface area contributed by atoms with Gasteiger partial charge in [0.05, 0.1) is 0 Å². The lowest BCUT2D eigenvalue weighted by Gasteiger charge is -2.31. The van der Waals surface area contributed by atoms with Crippen LogP contribution in [0.4, 0.5) is 4.79 Å². The van der Waals surface area contributed by atoms with Gasteiger partial charge in [-0.1, -0.05) is 62.4 Å². The number of hydrogen-bond donors (Lipinski definition) is 0. The Kier molecular flexibility index (Phi) is 6.12. The highest BCUT2D eigenvalue weighted by Gasteiger charge is 2.33. The lowest BCUT2D eigenvalue weighted by molar-refractivity contribution is -0.0638. The lowest BCUT2D eigenvalue weighted by atomic mass is 9.91. The molecule has 0 aliphatic rings. The molecular weight excluding hydrogens is 324 g/mol. The molecular formula is C23H30O3. The zero-order valence-electron chi connectivity index (χ0n) is 16.8. The van der Waals surface area contributed by atoms with Crippen LogP contribution in [0.5, 0.6) is 0 Å². The summed E-state index contributed by atoms with van der Waals surface area (Å²) in [7, 11) is 0. The molecule has 0 heterocycles. The Labute approximate surface area is 157 Å². The van der Waals surface area contributed by atoms with E-state index in [9.17, 15) is 4.79 Å². The third-order valence-corrected chi connectivity index (χ3v) is 4.77. The summed E-state index contributed by atoms with van der Waals surface area (Å²) >= 11 is 0. The molecule has 0 atom stereocenters. The van der Waals surface area contributed by atoms with Crippen LogP contribution in [0, 0.1) is 0 Å². The number of rotatable bonds is 6. The van der Waals surface area contributed by atoms with Crippen molar-refractivity contribution in [3.8, 4) is 0 Å². The van der Waals surface area contributed by atoms with Gasteiger partial charge in [-0.05, 0) is 62.8 Å². The molecule has 0 radical (unpaired) electrons. The number of aryl methyl sites for hydroxylation is 2. The second kappa shape index (κ2) is 7.94. The second-order valence-corrected chi connectivity index (χ2v) is 7.50. The van der Waals surface area contributed by atoms with Crippen LogP contribution < -0.4 is 0 Å². The zero-order chi connectivity index (χ0) is 19.4. The molecule has 0 saturated carbocycles. The Bertz CT molecular complexity index is 696. The van der Waals surface area contributed by atoms with E-state index in [4.69, 9.17) is 9.47 Å². The van der Waals surface area contributed by atoms with Crippen LogP contribution in [0.25, 0.3) is 0 Å². The Morgan fingerprint density at radius 1 is 0.731 bits per heavy atom. The SMILES string of the molecule is CCc1ccccc1C(C)(C)OC(=O)OC(C)(C)c1ccccc1CC. The van der Waals surface area contributed by atoms with Crippen molar-refractivity contribution in [2.45, 2.75) is 65.6 Å². The van der Waals surface area contributed by atoms with E-state index in [1.807, 2.05) is 64.1 Å². The van der Waals surface area contributed by atoms with Gasteiger partial charge in [0.1, 0.15) is 11.2 Å². The summed E-state index contributed by atoms with van der Waals surface area (Å²) in [6.07, 6.45) is 1.11. The van der Waals surface area contributed by atoms with Crippen LogP contribution in [-0.4, -0.2) is 6.16 Å². The topological polar surface area (TPSA) is 35.5 Å². The Hall–Kier alpha value is -2.29. The predicted octanol–water partition coefficient (Wildman–Crippen LogP) is 6.14. The quantitative estimate of drug-likeness (QED) is 0.585. The maximum absolute atomic E-state index is 12.6. The fourth-order valence-corrected chi connectivity index (χ4v) is 3.38. The van der Waals surface area contributed by atoms with Crippen molar-refractivity contribution in [2.24, 2.45) is 0 Å². The summed E-state index contributed by atoms with van der Waals surface area (Å²) in [5.74, 6) is 0. The normalized spacial score (nSPS) is 11.9. The maximum atomic E-state index is 12.6. The Morgan fingerprint density at radius 2 is 1.08 bits per heavy atom. The van der Waals surface area contributed by atoms with Crippen molar-refractivity contribution in [1.29, 1.82) is 0 Å². The van der Waals surface area contributed by atoms with E-state index in [0.717, 1.165) is 24.0 Å². The van der Waals surface area contributed by atoms with Gasteiger partial charge in [0, 0.05) is 0 Å². The zero-order valence-corrected chi connectivity index (χ0v) is 16.8. The molecule has 0 N–H and O–H groups in total. The van der Waals surface area contributed by atoms with Crippen molar-refractivity contribution in [1.82, 2.24) is 0 Å². The predicted molar refractivity (Wildman–Crippen MR) is 105 cm³/mol. The minimum atomic E-state index is -0.760. The van der Waals surface area contributed by atoms with Crippen molar-refractivity contribution in [2.75, 3.05) is 0 Å². The molecule has 0 amide bonds. The molecule has 2 aromatic carbocycles. The number of hydrogen-bond acceptors (Lipinski definition) is 3. The maximum Gasteiger partial charge on any atom is 0.510 e. The van der Waals surface area contributed by atoms with Gasteiger partial charge >= 0.3 is 6.16 Å². The molecule has 3 heteroatoms. The van der Waals surface area contributed by atoms with Gasteiger partial charge in [-0.2, -0.15) is 0 Å². The van der Waals surface area contributed by atoms with Crippen molar-refractivity contribution < 1.29 is 14.3 Å². The lowest BCUT2D eigenvalue weighted by Crippen LogP contribution is -2.32. The summed E-state index contributed by atoms with van der Waals surface area (Å²) in [6.45, 7) is 11.8. The highest BCUT2D eigenvalue weighted by Crippen LogP contribution is 2.32. The van der Waals surface area contributed by atoms with Gasteiger partial charge in [0.2, 0.25) is 0 Å². The van der Waals surface area contributed by atoms with Crippen molar-refractivity contribution >= 4 is 6.16 Å². The molecule has 3 nitrogen and oxygen atoms in total. The summed E-state index contributed by atoms with van der Waals surface area (Å²) < 4.78 is 11.5. The van der Waals surface area contributed by atoms with Crippen molar-refractivity contribution in [3.05, 3.63) is 70.8 Å². The molecule has 140 valence electrons. The van der Waals surface area contributed by atoms with E-state index in [1.54, 1.807) is 0 Å². The molecule has 0 spiro atoms. The first-order chi connectivity index (χ1) is 12.2. The largest absolute Gasteiger partial charge is 0.510 e. The first-order valence-electron chi connectivity index (χ1n) is 9.30. The standard InChI is InChI=1S/C23H30O3/c1-7-17-13-9-11-15-19(17)22(3,4)25-21(24)26-23(5,6)20-16-12-10-14-18(20)8-2/h9-16H,7-8H2,1-6H3. The summed E-state index contributed by atoms with van der Waals surface area (Å²) in [5.41, 5.74) is 2.83. The fraction of sp³-hybridized carbons (Fsp3) is 0.435. The molecule has 0 bridgehead atoms. The van der Waals surface area contributed by atoms with Gasteiger partial charge in [-0.3, -0.25) is 0 Å². The van der Waals surface area contributed by atoms with E-state index in [2.05, 4.69) is 26.0 Å². The van der Waals surface area contributed by atoms with Crippen LogP contribution in [0.1, 0.15) is 63.8 Å². The molecule has 26 heavy (non-hydrogen) atoms. The first-order valence-corrected chi connectivity index (χ1v) is 9.30. The number of benzene rings is 2. The molecule has 0 aliphatic carbocycles. The van der Waals surface area contributed by atoms with Crippen LogP contribution >= 0.6 is 0 Å². The number of ether oxygens (including phenoxy) is 2. The fourth-order valence-electron chi connectivity index (χ4n) is 3.38. The molecule has 0 aliphatic heterocycles. The van der Waals surface area contributed by atoms with E-state index in [0.29, 0.717) is 0 Å². The van der Waals surface area contributed by atoms with Gasteiger partial charge in [-0.25, -0.2) is 4.79 Å². The summed E-state index contributed by atoms with van der Waals surface area (Å²) in [5, 5.41) is 0. The van der Waals surface area contributed by atoms with E-state index in [1.165, 1.54) is 11.1 Å². The van der Waals surface area contributed by atoms with Gasteiger partial charge in [0.15, 0.2) is 0 Å². The smallest absolute Gasteiger partial charge is 0.423 e. The molecule has 0 fully saturated rings. The third kappa shape index (κ3) is 4.46. The molecule has 2 aromatic rings. The molecule has 0 unspecified atom stereocenters. The molecule has 0 saturated heterocycles. The highest BCUT2D eigenvalue weighted by molar-refractivity contribution is 5.62. The monoisotopic (exact) mass is 354 g/mol. The third-order valence-electron chi connectivity index (χ3n) is 4.77. The van der Waals surface area contributed by atoms with Gasteiger partial charge < -0.3 is 9.47 Å². The average molecular weight is 354 g/mol.